The van der Waals surface area contributed by atoms with Gasteiger partial charge in [-0.2, -0.15) is 12.6 Å². The molecule has 2 aliphatic rings. The van der Waals surface area contributed by atoms with E-state index in [0.29, 0.717) is 12.3 Å². The smallest absolute Gasteiger partial charge is 0.223 e. The Morgan fingerprint density at radius 1 is 1.60 bits per heavy atom. The van der Waals surface area contributed by atoms with Crippen LogP contribution in [0.1, 0.15) is 32.6 Å². The van der Waals surface area contributed by atoms with E-state index >= 15 is 0 Å². The van der Waals surface area contributed by atoms with Crippen LogP contribution in [0.5, 0.6) is 0 Å². The Bertz CT molecular complexity index is 294. The van der Waals surface area contributed by atoms with Crippen molar-refractivity contribution in [2.45, 2.75) is 32.6 Å². The lowest BCUT2D eigenvalue weighted by Crippen LogP contribution is -2.36. The third-order valence-corrected chi connectivity index (χ3v) is 4.17. The Hall–Kier alpha value is -0.440. The summed E-state index contributed by atoms with van der Waals surface area (Å²) in [6, 6.07) is 0. The summed E-state index contributed by atoms with van der Waals surface area (Å²) in [5, 5.41) is 0. The third kappa shape index (κ3) is 2.57. The van der Waals surface area contributed by atoms with Gasteiger partial charge in [-0.25, -0.2) is 0 Å². The quantitative estimate of drug-likeness (QED) is 0.577. The molecular formula is C12H19NOS. The van der Waals surface area contributed by atoms with E-state index in [1.165, 1.54) is 18.4 Å². The summed E-state index contributed by atoms with van der Waals surface area (Å²) < 4.78 is 0. The maximum absolute atomic E-state index is 12.0. The molecule has 2 rings (SSSR count). The Balaban J connectivity index is 1.89. The maximum atomic E-state index is 12.0. The first-order valence-corrected chi connectivity index (χ1v) is 6.33. The maximum Gasteiger partial charge on any atom is 0.223 e. The van der Waals surface area contributed by atoms with E-state index in [0.717, 1.165) is 25.3 Å². The molecule has 1 saturated carbocycles. The van der Waals surface area contributed by atoms with Gasteiger partial charge >= 0.3 is 0 Å². The lowest BCUT2D eigenvalue weighted by atomic mass is 10.0. The molecule has 0 atom stereocenters. The molecule has 0 unspecified atom stereocenters. The predicted octanol–water partition coefficient (Wildman–Crippen LogP) is 2.27. The van der Waals surface area contributed by atoms with Gasteiger partial charge in [0.05, 0.1) is 0 Å². The van der Waals surface area contributed by atoms with E-state index < -0.39 is 0 Å². The lowest BCUT2D eigenvalue weighted by Gasteiger charge is -2.27. The van der Waals surface area contributed by atoms with Crippen molar-refractivity contribution in [3.05, 3.63) is 11.6 Å². The largest absolute Gasteiger partial charge is 0.338 e. The number of carbonyl (C=O) groups excluding carboxylic acids is 1. The molecule has 0 aromatic heterocycles. The van der Waals surface area contributed by atoms with E-state index in [4.69, 9.17) is 0 Å². The topological polar surface area (TPSA) is 20.3 Å². The van der Waals surface area contributed by atoms with Gasteiger partial charge < -0.3 is 4.90 Å². The fourth-order valence-electron chi connectivity index (χ4n) is 2.12. The predicted molar refractivity (Wildman–Crippen MR) is 65.1 cm³/mol. The highest BCUT2D eigenvalue weighted by Crippen LogP contribution is 2.49. The molecule has 84 valence electrons. The van der Waals surface area contributed by atoms with Gasteiger partial charge in [-0.15, -0.1) is 0 Å². The van der Waals surface area contributed by atoms with Crippen molar-refractivity contribution >= 4 is 18.5 Å². The Labute approximate surface area is 97.1 Å². The fraction of sp³-hybridized carbons (Fsp3) is 0.750. The molecular weight excluding hydrogens is 206 g/mol. The molecule has 0 spiro atoms. The summed E-state index contributed by atoms with van der Waals surface area (Å²) in [5.41, 5.74) is 1.58. The van der Waals surface area contributed by atoms with Crippen LogP contribution in [0.2, 0.25) is 0 Å². The second kappa shape index (κ2) is 4.20. The van der Waals surface area contributed by atoms with Gasteiger partial charge in [-0.1, -0.05) is 11.6 Å². The minimum atomic E-state index is 0.259. The van der Waals surface area contributed by atoms with Crippen molar-refractivity contribution in [2.75, 3.05) is 18.8 Å². The average molecular weight is 225 g/mol. The second-order valence-corrected chi connectivity index (χ2v) is 5.31. The molecule has 1 aliphatic carbocycles. The number of carbonyl (C=O) groups is 1. The number of hydrogen-bond donors (Lipinski definition) is 1. The molecule has 0 aromatic carbocycles. The van der Waals surface area contributed by atoms with Crippen LogP contribution in [0.3, 0.4) is 0 Å². The molecule has 1 fully saturated rings. The molecule has 0 bridgehead atoms. The molecule has 0 N–H and O–H groups in total. The Morgan fingerprint density at radius 3 is 2.87 bits per heavy atom. The molecule has 0 aromatic rings. The van der Waals surface area contributed by atoms with Gasteiger partial charge in [-0.3, -0.25) is 4.79 Å². The zero-order valence-electron chi connectivity index (χ0n) is 9.33. The minimum Gasteiger partial charge on any atom is -0.338 e. The van der Waals surface area contributed by atoms with Crippen molar-refractivity contribution in [1.29, 1.82) is 0 Å². The van der Waals surface area contributed by atoms with Gasteiger partial charge in [-0.05, 0) is 37.4 Å². The number of amides is 1. The Morgan fingerprint density at radius 2 is 2.33 bits per heavy atom. The number of thiol groups is 1. The Kier molecular flexibility index (Phi) is 3.10. The lowest BCUT2D eigenvalue weighted by molar-refractivity contribution is -0.132. The van der Waals surface area contributed by atoms with Crippen LogP contribution >= 0.6 is 12.6 Å². The zero-order valence-corrected chi connectivity index (χ0v) is 10.2. The van der Waals surface area contributed by atoms with Crippen LogP contribution in [0, 0.1) is 5.41 Å². The van der Waals surface area contributed by atoms with E-state index in [-0.39, 0.29) is 5.41 Å². The average Bonchev–Trinajstić information content (AvgIpc) is 2.98. The van der Waals surface area contributed by atoms with Crippen molar-refractivity contribution < 1.29 is 4.79 Å². The highest BCUT2D eigenvalue weighted by molar-refractivity contribution is 7.80. The van der Waals surface area contributed by atoms with Gasteiger partial charge in [0, 0.05) is 19.5 Å². The van der Waals surface area contributed by atoms with Gasteiger partial charge in [0.2, 0.25) is 5.91 Å². The molecule has 1 aliphatic heterocycles. The van der Waals surface area contributed by atoms with E-state index in [2.05, 4.69) is 25.6 Å². The van der Waals surface area contributed by atoms with E-state index in [1.54, 1.807) is 0 Å². The van der Waals surface area contributed by atoms with Crippen LogP contribution in [0.15, 0.2) is 11.6 Å². The zero-order chi connectivity index (χ0) is 10.9. The number of rotatable bonds is 3. The van der Waals surface area contributed by atoms with Crippen LogP contribution in [0.4, 0.5) is 0 Å². The molecule has 3 heteroatoms. The summed E-state index contributed by atoms with van der Waals surface area (Å²) >= 11 is 4.34. The second-order valence-electron chi connectivity index (χ2n) is 4.99. The normalized spacial score (nSPS) is 23.6. The summed E-state index contributed by atoms with van der Waals surface area (Å²) in [7, 11) is 0. The molecule has 2 nitrogen and oxygen atoms in total. The third-order valence-electron chi connectivity index (χ3n) is 3.50. The summed E-state index contributed by atoms with van der Waals surface area (Å²) in [6.45, 7) is 3.84. The molecule has 1 amide bonds. The van der Waals surface area contributed by atoms with Crippen molar-refractivity contribution in [3.63, 3.8) is 0 Å². The summed E-state index contributed by atoms with van der Waals surface area (Å²) in [6.07, 6.45) is 6.33. The molecule has 0 saturated heterocycles. The first-order chi connectivity index (χ1) is 7.15. The fourth-order valence-corrected chi connectivity index (χ4v) is 2.55. The van der Waals surface area contributed by atoms with Crippen LogP contribution in [-0.4, -0.2) is 29.6 Å². The first-order valence-electron chi connectivity index (χ1n) is 5.69. The van der Waals surface area contributed by atoms with Crippen molar-refractivity contribution in [1.82, 2.24) is 4.90 Å². The van der Waals surface area contributed by atoms with Gasteiger partial charge in [0.15, 0.2) is 0 Å². The number of hydrogen-bond acceptors (Lipinski definition) is 2. The van der Waals surface area contributed by atoms with E-state index in [9.17, 15) is 4.79 Å². The monoisotopic (exact) mass is 225 g/mol. The van der Waals surface area contributed by atoms with Crippen LogP contribution in [-0.2, 0) is 4.79 Å². The van der Waals surface area contributed by atoms with Crippen molar-refractivity contribution in [2.24, 2.45) is 5.41 Å². The highest BCUT2D eigenvalue weighted by Gasteiger charge is 2.43. The molecule has 1 heterocycles. The molecule has 15 heavy (non-hydrogen) atoms. The van der Waals surface area contributed by atoms with Crippen LogP contribution < -0.4 is 0 Å². The van der Waals surface area contributed by atoms with Gasteiger partial charge in [0.25, 0.3) is 0 Å². The first kappa shape index (κ1) is 11.1. The molecule has 0 radical (unpaired) electrons. The van der Waals surface area contributed by atoms with Crippen molar-refractivity contribution in [3.8, 4) is 0 Å². The minimum absolute atomic E-state index is 0.259. The van der Waals surface area contributed by atoms with Gasteiger partial charge in [0.1, 0.15) is 0 Å². The standard InChI is InChI=1S/C12H19NOS/c1-10-3-2-6-13(8-10)11(14)7-12(9-15)4-5-12/h3,15H,2,4-9H2,1H3. The van der Waals surface area contributed by atoms with E-state index in [1.807, 2.05) is 4.90 Å². The summed E-state index contributed by atoms with van der Waals surface area (Å²) in [5.74, 6) is 1.19. The summed E-state index contributed by atoms with van der Waals surface area (Å²) in [4.78, 5) is 14.0. The van der Waals surface area contributed by atoms with Crippen LogP contribution in [0.25, 0.3) is 0 Å². The number of nitrogens with zero attached hydrogens (tertiary/aromatic N) is 1. The highest BCUT2D eigenvalue weighted by atomic mass is 32.1. The SMILES string of the molecule is CC1=CCCN(C(=O)CC2(CS)CC2)C1.